The van der Waals surface area contributed by atoms with E-state index in [2.05, 4.69) is 50.9 Å². The number of allylic oxidation sites excluding steroid dienone is 1. The molecule has 0 radical (unpaired) electrons. The van der Waals surface area contributed by atoms with Crippen LogP contribution in [0.5, 0.6) is 0 Å². The Balaban J connectivity index is 1.47. The standard InChI is InChI=1S/C29H35N5O3/c1-29(2,3)37-28(35)33-16-14-32(15-17-33)27-24-9-6-5-8-21(24)18-22(23-10-7-11-31-26(23)27)19-34-13-12-30-25(34)20-36-4/h5-13,18,27H,14-17,19-20H2,1-4H3. The maximum absolute atomic E-state index is 12.7. The number of benzene rings is 1. The number of methoxy groups -OCH3 is 1. The molecule has 1 unspecified atom stereocenters. The maximum Gasteiger partial charge on any atom is 0.410 e. The van der Waals surface area contributed by atoms with E-state index in [1.165, 1.54) is 16.7 Å². The smallest absolute Gasteiger partial charge is 0.410 e. The number of carbonyl (C=O) groups is 1. The van der Waals surface area contributed by atoms with Crippen LogP contribution < -0.4 is 0 Å². The van der Waals surface area contributed by atoms with E-state index in [0.29, 0.717) is 26.2 Å². The normalized spacial score (nSPS) is 18.0. The van der Waals surface area contributed by atoms with Crippen molar-refractivity contribution in [2.24, 2.45) is 0 Å². The van der Waals surface area contributed by atoms with Crippen LogP contribution in [0, 0.1) is 0 Å². The lowest BCUT2D eigenvalue weighted by Crippen LogP contribution is -2.51. The molecule has 194 valence electrons. The molecular weight excluding hydrogens is 466 g/mol. The van der Waals surface area contributed by atoms with Crippen LogP contribution in [-0.2, 0) is 22.6 Å². The number of aromatic nitrogens is 3. The first-order chi connectivity index (χ1) is 17.8. The molecule has 1 atom stereocenters. The summed E-state index contributed by atoms with van der Waals surface area (Å²) >= 11 is 0. The lowest BCUT2D eigenvalue weighted by atomic mass is 9.95. The number of hydrogen-bond acceptors (Lipinski definition) is 6. The Kier molecular flexibility index (Phi) is 7.13. The molecule has 8 heteroatoms. The molecule has 37 heavy (non-hydrogen) atoms. The largest absolute Gasteiger partial charge is 0.444 e. The maximum atomic E-state index is 12.7. The summed E-state index contributed by atoms with van der Waals surface area (Å²) in [7, 11) is 1.69. The molecule has 1 fully saturated rings. The highest BCUT2D eigenvalue weighted by Crippen LogP contribution is 2.39. The van der Waals surface area contributed by atoms with E-state index in [-0.39, 0.29) is 12.1 Å². The summed E-state index contributed by atoms with van der Waals surface area (Å²) in [5.41, 5.74) is 5.26. The third kappa shape index (κ3) is 5.45. The molecule has 3 aromatic rings. The van der Waals surface area contributed by atoms with Gasteiger partial charge in [-0.2, -0.15) is 0 Å². The number of amides is 1. The van der Waals surface area contributed by atoms with Crippen molar-refractivity contribution in [3.8, 4) is 0 Å². The molecule has 0 spiro atoms. The number of pyridine rings is 1. The minimum atomic E-state index is -0.502. The number of rotatable bonds is 5. The van der Waals surface area contributed by atoms with Crippen LogP contribution in [0.15, 0.2) is 55.0 Å². The van der Waals surface area contributed by atoms with Gasteiger partial charge in [-0.25, -0.2) is 9.78 Å². The second-order valence-corrected chi connectivity index (χ2v) is 10.5. The van der Waals surface area contributed by atoms with Crippen LogP contribution in [0.1, 0.15) is 55.0 Å². The van der Waals surface area contributed by atoms with Crippen LogP contribution in [-0.4, -0.2) is 69.3 Å². The van der Waals surface area contributed by atoms with E-state index in [1.807, 2.05) is 50.3 Å². The average Bonchev–Trinajstić information content (AvgIpc) is 3.25. The van der Waals surface area contributed by atoms with Gasteiger partial charge in [-0.1, -0.05) is 30.3 Å². The molecular formula is C29H35N5O3. The SMILES string of the molecule is COCc1nccn1CC1=Cc2ccccc2C(N2CCN(C(=O)OC(C)(C)C)CC2)c2ncccc21. The van der Waals surface area contributed by atoms with Crippen LogP contribution in [0.25, 0.3) is 11.6 Å². The van der Waals surface area contributed by atoms with Crippen molar-refractivity contribution in [2.45, 2.75) is 45.6 Å². The quantitative estimate of drug-likeness (QED) is 0.508. The second-order valence-electron chi connectivity index (χ2n) is 10.5. The van der Waals surface area contributed by atoms with Crippen molar-refractivity contribution < 1.29 is 14.3 Å². The van der Waals surface area contributed by atoms with Crippen LogP contribution in [0.4, 0.5) is 4.79 Å². The van der Waals surface area contributed by atoms with Gasteiger partial charge in [-0.05, 0) is 49.6 Å². The number of piperazine rings is 1. The molecule has 1 saturated heterocycles. The van der Waals surface area contributed by atoms with Gasteiger partial charge in [-0.15, -0.1) is 0 Å². The Morgan fingerprint density at radius 2 is 1.81 bits per heavy atom. The van der Waals surface area contributed by atoms with Gasteiger partial charge < -0.3 is 18.9 Å². The van der Waals surface area contributed by atoms with Crippen LogP contribution in [0.3, 0.4) is 0 Å². The molecule has 1 amide bonds. The van der Waals surface area contributed by atoms with Crippen molar-refractivity contribution in [1.82, 2.24) is 24.3 Å². The topological polar surface area (TPSA) is 72.7 Å². The van der Waals surface area contributed by atoms with Gasteiger partial charge in [0.05, 0.1) is 11.7 Å². The number of carbonyl (C=O) groups excluding carboxylic acids is 1. The number of ether oxygens (including phenoxy) is 2. The van der Waals surface area contributed by atoms with E-state index < -0.39 is 5.60 Å². The first kappa shape index (κ1) is 25.2. The summed E-state index contributed by atoms with van der Waals surface area (Å²) in [5.74, 6) is 0.890. The third-order valence-electron chi connectivity index (χ3n) is 6.81. The number of fused-ring (bicyclic) bond motifs is 2. The van der Waals surface area contributed by atoms with Gasteiger partial charge in [-0.3, -0.25) is 9.88 Å². The highest BCUT2D eigenvalue weighted by atomic mass is 16.6. The van der Waals surface area contributed by atoms with E-state index in [1.54, 1.807) is 7.11 Å². The number of hydrogen-bond donors (Lipinski definition) is 0. The molecule has 3 heterocycles. The fourth-order valence-electron chi connectivity index (χ4n) is 5.14. The molecule has 2 aromatic heterocycles. The zero-order chi connectivity index (χ0) is 26.0. The molecule has 0 N–H and O–H groups in total. The van der Waals surface area contributed by atoms with Gasteiger partial charge in [0.2, 0.25) is 0 Å². The Morgan fingerprint density at radius 1 is 1.03 bits per heavy atom. The molecule has 0 saturated carbocycles. The summed E-state index contributed by atoms with van der Waals surface area (Å²) in [6.07, 6.45) is 7.72. The zero-order valence-electron chi connectivity index (χ0n) is 22.1. The highest BCUT2D eigenvalue weighted by Gasteiger charge is 2.34. The lowest BCUT2D eigenvalue weighted by molar-refractivity contribution is 0.0118. The predicted molar refractivity (Wildman–Crippen MR) is 143 cm³/mol. The third-order valence-corrected chi connectivity index (χ3v) is 6.81. The summed E-state index contributed by atoms with van der Waals surface area (Å²) in [4.78, 5) is 26.3. The predicted octanol–water partition coefficient (Wildman–Crippen LogP) is 4.62. The molecule has 1 aliphatic carbocycles. The first-order valence-corrected chi connectivity index (χ1v) is 12.8. The Labute approximate surface area is 218 Å². The van der Waals surface area contributed by atoms with Crippen molar-refractivity contribution in [2.75, 3.05) is 33.3 Å². The number of nitrogens with zero attached hydrogens (tertiary/aromatic N) is 5. The van der Waals surface area contributed by atoms with Crippen molar-refractivity contribution in [1.29, 1.82) is 0 Å². The minimum absolute atomic E-state index is 0.0110. The number of imidazole rings is 1. The zero-order valence-corrected chi connectivity index (χ0v) is 22.1. The summed E-state index contributed by atoms with van der Waals surface area (Å²) in [5, 5.41) is 0. The van der Waals surface area contributed by atoms with E-state index in [0.717, 1.165) is 30.2 Å². The van der Waals surface area contributed by atoms with Crippen LogP contribution >= 0.6 is 0 Å². The fraction of sp³-hybridized carbons (Fsp3) is 0.414. The minimum Gasteiger partial charge on any atom is -0.444 e. The lowest BCUT2D eigenvalue weighted by Gasteiger charge is -2.40. The van der Waals surface area contributed by atoms with Crippen molar-refractivity contribution in [3.63, 3.8) is 0 Å². The van der Waals surface area contributed by atoms with Gasteiger partial charge >= 0.3 is 6.09 Å². The van der Waals surface area contributed by atoms with Gasteiger partial charge in [0.1, 0.15) is 18.0 Å². The van der Waals surface area contributed by atoms with Crippen molar-refractivity contribution >= 4 is 17.7 Å². The molecule has 1 aliphatic heterocycles. The fourth-order valence-corrected chi connectivity index (χ4v) is 5.14. The molecule has 8 nitrogen and oxygen atoms in total. The van der Waals surface area contributed by atoms with Gasteiger partial charge in [0.25, 0.3) is 0 Å². The van der Waals surface area contributed by atoms with Crippen molar-refractivity contribution in [3.05, 3.63) is 83.2 Å². The molecule has 0 bridgehead atoms. The summed E-state index contributed by atoms with van der Waals surface area (Å²) in [6.45, 7) is 9.55. The molecule has 2 aliphatic rings. The Hall–Kier alpha value is -3.49. The Morgan fingerprint density at radius 3 is 2.57 bits per heavy atom. The summed E-state index contributed by atoms with van der Waals surface area (Å²) < 4.78 is 13.1. The van der Waals surface area contributed by atoms with E-state index in [9.17, 15) is 4.79 Å². The van der Waals surface area contributed by atoms with E-state index in [4.69, 9.17) is 14.5 Å². The Bertz CT molecular complexity index is 1280. The van der Waals surface area contributed by atoms with Crippen LogP contribution in [0.2, 0.25) is 0 Å². The molecule has 1 aromatic carbocycles. The second kappa shape index (κ2) is 10.5. The first-order valence-electron chi connectivity index (χ1n) is 12.8. The monoisotopic (exact) mass is 501 g/mol. The average molecular weight is 502 g/mol. The highest BCUT2D eigenvalue weighted by molar-refractivity contribution is 5.85. The summed E-state index contributed by atoms with van der Waals surface area (Å²) in [6, 6.07) is 12.7. The van der Waals surface area contributed by atoms with Gasteiger partial charge in [0, 0.05) is 64.0 Å². The molecule has 5 rings (SSSR count). The van der Waals surface area contributed by atoms with E-state index >= 15 is 0 Å². The van der Waals surface area contributed by atoms with Gasteiger partial charge in [0.15, 0.2) is 0 Å².